The smallest absolute Gasteiger partial charge is 0.319 e. The lowest BCUT2D eigenvalue weighted by Crippen LogP contribution is -2.54. The molecular weight excluding hydrogens is 234 g/mol. The first-order valence-electron chi connectivity index (χ1n) is 6.62. The van der Waals surface area contributed by atoms with Gasteiger partial charge in [-0.2, -0.15) is 0 Å². The summed E-state index contributed by atoms with van der Waals surface area (Å²) in [4.78, 5) is 25.3. The molecule has 0 aromatic rings. The number of carbonyl (C=O) groups excluding carboxylic acids is 1. The average molecular weight is 255 g/mol. The van der Waals surface area contributed by atoms with Crippen LogP contribution in [0.15, 0.2) is 0 Å². The Labute approximate surface area is 107 Å². The summed E-state index contributed by atoms with van der Waals surface area (Å²) in [5.74, 6) is -0.615. The van der Waals surface area contributed by atoms with Crippen LogP contribution in [0.25, 0.3) is 0 Å². The largest absolute Gasteiger partial charge is 0.480 e. The molecule has 0 spiro atoms. The van der Waals surface area contributed by atoms with Crippen molar-refractivity contribution in [3.8, 4) is 0 Å². The summed E-state index contributed by atoms with van der Waals surface area (Å²) >= 11 is 0. The SMILES string of the molecule is COCC1CCN(C(=O)C2(C(=O)O)CCC2)CC1. The Kier molecular flexibility index (Phi) is 3.90. The van der Waals surface area contributed by atoms with Crippen molar-refractivity contribution < 1.29 is 19.4 Å². The van der Waals surface area contributed by atoms with E-state index in [0.29, 0.717) is 31.8 Å². The Balaban J connectivity index is 1.93. The quantitative estimate of drug-likeness (QED) is 0.765. The monoisotopic (exact) mass is 255 g/mol. The molecule has 2 aliphatic rings. The van der Waals surface area contributed by atoms with Gasteiger partial charge in [0.2, 0.25) is 5.91 Å². The number of hydrogen-bond donors (Lipinski definition) is 1. The maximum absolute atomic E-state index is 12.3. The highest BCUT2D eigenvalue weighted by Gasteiger charge is 2.53. The van der Waals surface area contributed by atoms with Crippen LogP contribution in [-0.2, 0) is 14.3 Å². The van der Waals surface area contributed by atoms with E-state index in [4.69, 9.17) is 4.74 Å². The number of nitrogens with zero attached hydrogens (tertiary/aromatic N) is 1. The first kappa shape index (κ1) is 13.3. The topological polar surface area (TPSA) is 66.8 Å². The Morgan fingerprint density at radius 1 is 1.33 bits per heavy atom. The highest BCUT2D eigenvalue weighted by molar-refractivity contribution is 6.02. The number of carboxylic acids is 1. The van der Waals surface area contributed by atoms with Crippen LogP contribution in [0.3, 0.4) is 0 Å². The zero-order chi connectivity index (χ0) is 13.2. The van der Waals surface area contributed by atoms with E-state index in [2.05, 4.69) is 0 Å². The fraction of sp³-hybridized carbons (Fsp3) is 0.846. The van der Waals surface area contributed by atoms with E-state index in [-0.39, 0.29) is 5.91 Å². The lowest BCUT2D eigenvalue weighted by atomic mass is 9.67. The second-order valence-electron chi connectivity index (χ2n) is 5.43. The fourth-order valence-electron chi connectivity index (χ4n) is 2.89. The third-order valence-corrected chi connectivity index (χ3v) is 4.33. The number of ether oxygens (including phenoxy) is 1. The molecule has 5 nitrogen and oxygen atoms in total. The molecule has 1 heterocycles. The van der Waals surface area contributed by atoms with Crippen LogP contribution in [-0.4, -0.2) is 48.7 Å². The highest BCUT2D eigenvalue weighted by atomic mass is 16.5. The number of methoxy groups -OCH3 is 1. The van der Waals surface area contributed by atoms with Crippen molar-refractivity contribution in [1.82, 2.24) is 4.90 Å². The second-order valence-corrected chi connectivity index (χ2v) is 5.43. The predicted octanol–water partition coefficient (Wildman–Crippen LogP) is 1.13. The van der Waals surface area contributed by atoms with Gasteiger partial charge in [0.25, 0.3) is 0 Å². The van der Waals surface area contributed by atoms with E-state index in [9.17, 15) is 14.7 Å². The molecule has 0 unspecified atom stereocenters. The van der Waals surface area contributed by atoms with Gasteiger partial charge < -0.3 is 14.7 Å². The molecule has 0 radical (unpaired) electrons. The van der Waals surface area contributed by atoms with Crippen molar-refractivity contribution in [3.63, 3.8) is 0 Å². The van der Waals surface area contributed by atoms with Crippen LogP contribution in [0.1, 0.15) is 32.1 Å². The molecule has 0 bridgehead atoms. The van der Waals surface area contributed by atoms with Gasteiger partial charge in [-0.3, -0.25) is 9.59 Å². The van der Waals surface area contributed by atoms with Crippen molar-refractivity contribution in [2.75, 3.05) is 26.8 Å². The van der Waals surface area contributed by atoms with E-state index >= 15 is 0 Å². The van der Waals surface area contributed by atoms with Crippen molar-refractivity contribution >= 4 is 11.9 Å². The number of likely N-dealkylation sites (tertiary alicyclic amines) is 1. The standard InChI is InChI=1S/C13H21NO4/c1-18-9-10-3-7-14(8-4-10)11(15)13(12(16)17)5-2-6-13/h10H,2-9H2,1H3,(H,16,17). The van der Waals surface area contributed by atoms with E-state index in [1.807, 2.05) is 0 Å². The summed E-state index contributed by atoms with van der Waals surface area (Å²) < 4.78 is 5.12. The molecule has 1 saturated carbocycles. The molecule has 0 atom stereocenters. The summed E-state index contributed by atoms with van der Waals surface area (Å²) in [6.07, 6.45) is 3.67. The summed E-state index contributed by atoms with van der Waals surface area (Å²) in [6, 6.07) is 0. The summed E-state index contributed by atoms with van der Waals surface area (Å²) in [7, 11) is 1.69. The molecule has 2 fully saturated rings. The van der Waals surface area contributed by atoms with E-state index in [0.717, 1.165) is 25.9 Å². The number of carbonyl (C=O) groups is 2. The van der Waals surface area contributed by atoms with E-state index in [1.165, 1.54) is 0 Å². The van der Waals surface area contributed by atoms with Gasteiger partial charge in [-0.05, 0) is 31.6 Å². The molecule has 5 heteroatoms. The molecule has 1 amide bonds. The van der Waals surface area contributed by atoms with Gasteiger partial charge in [0.1, 0.15) is 5.41 Å². The number of aliphatic carboxylic acids is 1. The number of piperidine rings is 1. The molecule has 1 aliphatic carbocycles. The van der Waals surface area contributed by atoms with Gasteiger partial charge in [0.05, 0.1) is 0 Å². The van der Waals surface area contributed by atoms with Gasteiger partial charge in [0.15, 0.2) is 0 Å². The Morgan fingerprint density at radius 3 is 2.33 bits per heavy atom. The molecule has 1 aliphatic heterocycles. The molecule has 2 rings (SSSR count). The fourth-order valence-corrected chi connectivity index (χ4v) is 2.89. The van der Waals surface area contributed by atoms with Gasteiger partial charge in [0, 0.05) is 26.8 Å². The third kappa shape index (κ3) is 2.23. The minimum Gasteiger partial charge on any atom is -0.480 e. The van der Waals surface area contributed by atoms with Crippen molar-refractivity contribution in [1.29, 1.82) is 0 Å². The van der Waals surface area contributed by atoms with Gasteiger partial charge in [-0.15, -0.1) is 0 Å². The number of amides is 1. The number of hydrogen-bond acceptors (Lipinski definition) is 3. The Morgan fingerprint density at radius 2 is 1.94 bits per heavy atom. The number of rotatable bonds is 4. The maximum Gasteiger partial charge on any atom is 0.319 e. The molecular formula is C13H21NO4. The van der Waals surface area contributed by atoms with Crippen molar-refractivity contribution in [3.05, 3.63) is 0 Å². The first-order valence-corrected chi connectivity index (χ1v) is 6.62. The van der Waals surface area contributed by atoms with E-state index < -0.39 is 11.4 Å². The van der Waals surface area contributed by atoms with Crippen LogP contribution in [0.2, 0.25) is 0 Å². The molecule has 102 valence electrons. The second kappa shape index (κ2) is 5.26. The van der Waals surface area contributed by atoms with E-state index in [1.54, 1.807) is 12.0 Å². The molecule has 1 saturated heterocycles. The normalized spacial score (nSPS) is 23.5. The minimum atomic E-state index is -1.10. The summed E-state index contributed by atoms with van der Waals surface area (Å²) in [6.45, 7) is 2.07. The van der Waals surface area contributed by atoms with Crippen molar-refractivity contribution in [2.24, 2.45) is 11.3 Å². The Bertz CT molecular complexity index is 330. The zero-order valence-corrected chi connectivity index (χ0v) is 10.9. The molecule has 18 heavy (non-hydrogen) atoms. The maximum atomic E-state index is 12.3. The lowest BCUT2D eigenvalue weighted by molar-refractivity contribution is -0.168. The minimum absolute atomic E-state index is 0.169. The van der Waals surface area contributed by atoms with Crippen LogP contribution < -0.4 is 0 Å². The van der Waals surface area contributed by atoms with Crippen molar-refractivity contribution in [2.45, 2.75) is 32.1 Å². The highest BCUT2D eigenvalue weighted by Crippen LogP contribution is 2.43. The van der Waals surface area contributed by atoms with Crippen LogP contribution in [0, 0.1) is 11.3 Å². The van der Waals surface area contributed by atoms with Crippen LogP contribution >= 0.6 is 0 Å². The molecule has 0 aromatic carbocycles. The Hall–Kier alpha value is -1.10. The molecule has 1 N–H and O–H groups in total. The number of carboxylic acid groups (broad SMARTS) is 1. The third-order valence-electron chi connectivity index (χ3n) is 4.33. The summed E-state index contributed by atoms with van der Waals surface area (Å²) in [5, 5.41) is 9.25. The van der Waals surface area contributed by atoms with Gasteiger partial charge >= 0.3 is 5.97 Å². The molecule has 0 aromatic heterocycles. The first-order chi connectivity index (χ1) is 8.60. The van der Waals surface area contributed by atoms with Crippen LogP contribution in [0.4, 0.5) is 0 Å². The predicted molar refractivity (Wildman–Crippen MR) is 65.1 cm³/mol. The average Bonchev–Trinajstić information content (AvgIpc) is 2.28. The zero-order valence-electron chi connectivity index (χ0n) is 10.9. The van der Waals surface area contributed by atoms with Crippen LogP contribution in [0.5, 0.6) is 0 Å². The van der Waals surface area contributed by atoms with Gasteiger partial charge in [-0.25, -0.2) is 0 Å². The van der Waals surface area contributed by atoms with Gasteiger partial charge in [-0.1, -0.05) is 6.42 Å². The lowest BCUT2D eigenvalue weighted by Gasteiger charge is -2.42. The summed E-state index contributed by atoms with van der Waals surface area (Å²) in [5.41, 5.74) is -1.10.